The van der Waals surface area contributed by atoms with E-state index in [9.17, 15) is 9.90 Å². The minimum atomic E-state index is -0.872. The third kappa shape index (κ3) is 3.50. The largest absolute Gasteiger partial charge is 0.486 e. The average Bonchev–Trinajstić information content (AvgIpc) is 3.53. The summed E-state index contributed by atoms with van der Waals surface area (Å²) in [4.78, 5) is 12.7. The number of ether oxygens (including phenoxy) is 2. The highest BCUT2D eigenvalue weighted by atomic mass is 35.5. The second kappa shape index (κ2) is 8.43. The molecule has 6 nitrogen and oxygen atoms in total. The molecule has 0 spiro atoms. The van der Waals surface area contributed by atoms with Crippen molar-refractivity contribution in [1.82, 2.24) is 5.32 Å². The number of hydrogen-bond acceptors (Lipinski definition) is 5. The number of carbonyl (C=O) groups excluding carboxylic acids is 1. The fourth-order valence-corrected chi connectivity index (χ4v) is 7.88. The van der Waals surface area contributed by atoms with Gasteiger partial charge in [0.2, 0.25) is 5.91 Å². The van der Waals surface area contributed by atoms with E-state index in [1.807, 2.05) is 31.2 Å². The lowest BCUT2D eigenvalue weighted by Gasteiger charge is -2.47. The Morgan fingerprint density at radius 2 is 1.93 bits per heavy atom. The number of halogens is 3. The third-order valence-electron chi connectivity index (χ3n) is 9.88. The van der Waals surface area contributed by atoms with E-state index >= 15 is 8.78 Å². The maximum Gasteiger partial charge on any atom is 0.249 e. The first-order chi connectivity index (χ1) is 19.6. The SMILES string of the molecule is C[C@]1(O)CC[C@H](NC[C@]23Oc4cc(F)c(Cl)c(-c5c(C(N)=O)cc6c(c5F)OC5CC65)c4[C@@H]2c2ccccc23)CC1. The number of rotatable bonds is 5. The molecule has 0 aromatic heterocycles. The minimum Gasteiger partial charge on any atom is -0.486 e. The van der Waals surface area contributed by atoms with E-state index in [4.69, 9.17) is 26.8 Å². The minimum absolute atomic E-state index is 0.0319. The molecule has 9 heteroatoms. The molecule has 3 aromatic rings. The van der Waals surface area contributed by atoms with Crippen molar-refractivity contribution in [2.75, 3.05) is 6.54 Å². The van der Waals surface area contributed by atoms with E-state index in [1.54, 1.807) is 6.07 Å². The predicted octanol–water partition coefficient (Wildman–Crippen LogP) is 5.65. The molecule has 212 valence electrons. The van der Waals surface area contributed by atoms with Crippen LogP contribution >= 0.6 is 11.6 Å². The summed E-state index contributed by atoms with van der Waals surface area (Å²) in [5.41, 5.74) is 7.23. The van der Waals surface area contributed by atoms with Gasteiger partial charge in [0.05, 0.1) is 22.1 Å². The Morgan fingerprint density at radius 3 is 2.68 bits per heavy atom. The number of primary amides is 1. The van der Waals surface area contributed by atoms with Crippen molar-refractivity contribution in [1.29, 1.82) is 0 Å². The Bertz CT molecular complexity index is 1670. The van der Waals surface area contributed by atoms with E-state index in [1.165, 1.54) is 6.07 Å². The quantitative estimate of drug-likeness (QED) is 0.364. The number of amides is 1. The first-order valence-electron chi connectivity index (χ1n) is 14.2. The first kappa shape index (κ1) is 25.5. The van der Waals surface area contributed by atoms with Crippen LogP contribution in [-0.2, 0) is 5.60 Å². The monoisotopic (exact) mass is 578 g/mol. The van der Waals surface area contributed by atoms with Crippen LogP contribution in [0, 0.1) is 11.6 Å². The molecule has 3 aromatic carbocycles. The van der Waals surface area contributed by atoms with Crippen molar-refractivity contribution in [2.45, 2.75) is 74.2 Å². The molecule has 0 radical (unpaired) electrons. The Hall–Kier alpha value is -3.20. The van der Waals surface area contributed by atoms with Crippen LogP contribution in [0.2, 0.25) is 5.02 Å². The van der Waals surface area contributed by atoms with Gasteiger partial charge in [-0.25, -0.2) is 8.78 Å². The molecule has 2 aliphatic heterocycles. The number of fused-ring (bicyclic) bond motifs is 9. The molecule has 4 atom stereocenters. The zero-order chi connectivity index (χ0) is 28.4. The van der Waals surface area contributed by atoms with Gasteiger partial charge in [-0.1, -0.05) is 35.9 Å². The van der Waals surface area contributed by atoms with Gasteiger partial charge in [-0.05, 0) is 50.7 Å². The molecule has 0 saturated heterocycles. The molecule has 41 heavy (non-hydrogen) atoms. The van der Waals surface area contributed by atoms with Gasteiger partial charge in [-0.2, -0.15) is 0 Å². The molecule has 8 rings (SSSR count). The smallest absolute Gasteiger partial charge is 0.249 e. The molecular formula is C32H29ClF2N2O4. The average molecular weight is 579 g/mol. The Kier molecular flexibility index (Phi) is 5.24. The van der Waals surface area contributed by atoms with Gasteiger partial charge >= 0.3 is 0 Å². The maximum atomic E-state index is 16.4. The van der Waals surface area contributed by atoms with Crippen LogP contribution in [0.4, 0.5) is 8.78 Å². The van der Waals surface area contributed by atoms with Gasteiger partial charge in [-0.3, -0.25) is 4.79 Å². The Balaban J connectivity index is 1.27. The van der Waals surface area contributed by atoms with Gasteiger partial charge in [0.1, 0.15) is 17.7 Å². The van der Waals surface area contributed by atoms with Gasteiger partial charge in [-0.15, -0.1) is 0 Å². The molecular weight excluding hydrogens is 550 g/mol. The molecule has 1 amide bonds. The van der Waals surface area contributed by atoms with Crippen LogP contribution < -0.4 is 20.5 Å². The molecule has 2 unspecified atom stereocenters. The summed E-state index contributed by atoms with van der Waals surface area (Å²) in [6, 6.07) is 10.9. The van der Waals surface area contributed by atoms with Crippen LogP contribution in [0.3, 0.4) is 0 Å². The molecule has 5 aliphatic rings. The summed E-state index contributed by atoms with van der Waals surface area (Å²) < 4.78 is 44.3. The van der Waals surface area contributed by atoms with Crippen molar-refractivity contribution < 1.29 is 28.2 Å². The maximum absolute atomic E-state index is 16.4. The molecule has 0 bridgehead atoms. The van der Waals surface area contributed by atoms with Gasteiger partial charge in [0.25, 0.3) is 0 Å². The number of nitrogens with two attached hydrogens (primary N) is 1. The topological polar surface area (TPSA) is 93.8 Å². The third-order valence-corrected chi connectivity index (χ3v) is 10.2. The van der Waals surface area contributed by atoms with E-state index in [2.05, 4.69) is 5.32 Å². The highest BCUT2D eigenvalue weighted by molar-refractivity contribution is 6.34. The molecule has 2 fully saturated rings. The predicted molar refractivity (Wildman–Crippen MR) is 149 cm³/mol. The summed E-state index contributed by atoms with van der Waals surface area (Å²) in [6.07, 6.45) is 3.67. The standard InChI is InChI=1S/C32H29ClF2N2O4/c1-31(39)8-6-14(7-9-31)37-13-32-19-5-3-2-4-15(19)26(32)24-22(41-32)12-20(34)27(33)25(24)23-18(30(36)38)10-17-16-11-21(16)40-29(17)28(23)35/h2-5,10,12,14,16,21,26,37,39H,6-9,11,13H2,1H3,(H2,36,38)/t14-,16?,21?,26-,31-,32+/m0/s1. The number of carbonyl (C=O) groups is 1. The highest BCUT2D eigenvalue weighted by Crippen LogP contribution is 2.66. The van der Waals surface area contributed by atoms with E-state index in [-0.39, 0.29) is 57.2 Å². The number of nitrogens with one attached hydrogen (secondary N) is 1. The van der Waals surface area contributed by atoms with Crippen LogP contribution in [-0.4, -0.2) is 35.3 Å². The number of benzene rings is 3. The second-order valence-corrected chi connectivity index (χ2v) is 12.9. The summed E-state index contributed by atoms with van der Waals surface area (Å²) in [5, 5.41) is 13.8. The van der Waals surface area contributed by atoms with Crippen molar-refractivity contribution in [3.8, 4) is 22.6 Å². The summed E-state index contributed by atoms with van der Waals surface area (Å²) >= 11 is 6.65. The van der Waals surface area contributed by atoms with Gasteiger partial charge in [0, 0.05) is 52.4 Å². The van der Waals surface area contributed by atoms with Crippen LogP contribution in [0.15, 0.2) is 36.4 Å². The van der Waals surface area contributed by atoms with Crippen molar-refractivity contribution in [3.63, 3.8) is 0 Å². The van der Waals surface area contributed by atoms with E-state index < -0.39 is 28.7 Å². The van der Waals surface area contributed by atoms with Gasteiger partial charge in [0.15, 0.2) is 17.2 Å². The highest BCUT2D eigenvalue weighted by Gasteiger charge is 2.61. The lowest BCUT2D eigenvalue weighted by molar-refractivity contribution is 0.00653. The van der Waals surface area contributed by atoms with Crippen LogP contribution in [0.5, 0.6) is 11.5 Å². The van der Waals surface area contributed by atoms with Crippen molar-refractivity contribution in [3.05, 3.63) is 80.9 Å². The van der Waals surface area contributed by atoms with Gasteiger partial charge < -0.3 is 25.6 Å². The molecule has 2 heterocycles. The summed E-state index contributed by atoms with van der Waals surface area (Å²) in [7, 11) is 0. The second-order valence-electron chi connectivity index (χ2n) is 12.5. The van der Waals surface area contributed by atoms with Crippen LogP contribution in [0.1, 0.15) is 83.5 Å². The number of aliphatic hydroxyl groups is 1. The molecule has 2 saturated carbocycles. The lowest BCUT2D eigenvalue weighted by Crippen LogP contribution is -2.54. The summed E-state index contributed by atoms with van der Waals surface area (Å²) in [5.74, 6) is -2.37. The van der Waals surface area contributed by atoms with Crippen LogP contribution in [0.25, 0.3) is 11.1 Å². The Morgan fingerprint density at radius 1 is 1.17 bits per heavy atom. The zero-order valence-electron chi connectivity index (χ0n) is 22.4. The van der Waals surface area contributed by atoms with Crippen molar-refractivity contribution >= 4 is 17.5 Å². The molecule has 4 N–H and O–H groups in total. The lowest BCUT2D eigenvalue weighted by atomic mass is 9.61. The fraction of sp³-hybridized carbons (Fsp3) is 0.406. The Labute approximate surface area is 240 Å². The van der Waals surface area contributed by atoms with Crippen molar-refractivity contribution in [2.24, 2.45) is 5.73 Å². The zero-order valence-corrected chi connectivity index (χ0v) is 23.2. The first-order valence-corrected chi connectivity index (χ1v) is 14.6. The molecule has 3 aliphatic carbocycles. The fourth-order valence-electron chi connectivity index (χ4n) is 7.63. The van der Waals surface area contributed by atoms with E-state index in [0.717, 1.165) is 30.4 Å². The number of hydrogen-bond donors (Lipinski definition) is 3. The van der Waals surface area contributed by atoms with E-state index in [0.29, 0.717) is 30.5 Å². The normalized spacial score (nSPS) is 31.5. The summed E-state index contributed by atoms with van der Waals surface area (Å²) in [6.45, 7) is 2.29.